The van der Waals surface area contributed by atoms with E-state index in [2.05, 4.69) is 6.92 Å². The number of benzene rings is 2. The number of aromatic nitrogens is 1. The Balaban J connectivity index is 2.30. The summed E-state index contributed by atoms with van der Waals surface area (Å²) < 4.78 is 44.5. The van der Waals surface area contributed by atoms with Gasteiger partial charge in [0.25, 0.3) is 0 Å². The molecule has 0 amide bonds. The molecule has 0 unspecified atom stereocenters. The summed E-state index contributed by atoms with van der Waals surface area (Å²) in [5.74, 6) is -0.216. The fourth-order valence-corrected chi connectivity index (χ4v) is 4.47. The van der Waals surface area contributed by atoms with E-state index in [1.165, 1.54) is 23.6 Å². The zero-order valence-corrected chi connectivity index (χ0v) is 19.6. The number of allylic oxidation sites excluding steroid dienone is 1. The van der Waals surface area contributed by atoms with Crippen LogP contribution >= 0.6 is 11.8 Å². The predicted octanol–water partition coefficient (Wildman–Crippen LogP) is 7.68. The molecule has 0 saturated heterocycles. The van der Waals surface area contributed by atoms with Crippen LogP contribution in [0.1, 0.15) is 46.2 Å². The largest absolute Gasteiger partial charge is 0.478 e. The summed E-state index contributed by atoms with van der Waals surface area (Å²) in [6.45, 7) is 5.23. The van der Waals surface area contributed by atoms with Gasteiger partial charge in [0.1, 0.15) is 0 Å². The number of alkyl halides is 3. The van der Waals surface area contributed by atoms with Crippen LogP contribution in [0.2, 0.25) is 0 Å². The van der Waals surface area contributed by atoms with E-state index in [1.807, 2.05) is 11.5 Å². The number of hydrogen-bond donors (Lipinski definition) is 1. The molecule has 0 radical (unpaired) electrons. The molecule has 0 aliphatic rings. The fourth-order valence-electron chi connectivity index (χ4n) is 3.87. The standard InChI is InChI=1S/C26H26F3NO2S/c1-4-12-33-13-8-9-19-15-22(20-10-6-5-7-11-20)24(23(16-19)26(27,28)29)30-17(2)14-21(18(30)3)25(31)32/h5-8,10-11,13-16H,4,9,12H2,1-3H3,(H,31,32). The van der Waals surface area contributed by atoms with E-state index in [4.69, 9.17) is 0 Å². The first kappa shape index (κ1) is 24.7. The highest BCUT2D eigenvalue weighted by molar-refractivity contribution is 8.02. The van der Waals surface area contributed by atoms with E-state index in [9.17, 15) is 23.1 Å². The molecule has 3 nitrogen and oxygen atoms in total. The monoisotopic (exact) mass is 473 g/mol. The molecule has 174 valence electrons. The van der Waals surface area contributed by atoms with Gasteiger partial charge >= 0.3 is 12.1 Å². The Morgan fingerprint density at radius 1 is 1.12 bits per heavy atom. The molecular formula is C26H26F3NO2S. The number of aryl methyl sites for hydroxylation is 1. The molecule has 1 aromatic heterocycles. The maximum Gasteiger partial charge on any atom is 0.418 e. The van der Waals surface area contributed by atoms with Gasteiger partial charge in [-0.1, -0.05) is 43.3 Å². The van der Waals surface area contributed by atoms with Crippen LogP contribution in [0.5, 0.6) is 0 Å². The number of carbonyl (C=O) groups is 1. The van der Waals surface area contributed by atoms with Gasteiger partial charge in [-0.2, -0.15) is 13.2 Å². The first-order chi connectivity index (χ1) is 15.6. The average molecular weight is 474 g/mol. The number of aromatic carboxylic acids is 1. The highest BCUT2D eigenvalue weighted by Gasteiger charge is 2.37. The lowest BCUT2D eigenvalue weighted by Crippen LogP contribution is -2.15. The second-order valence-electron chi connectivity index (χ2n) is 7.78. The SMILES string of the molecule is CCCSC=CCc1cc(-c2ccccc2)c(-n2c(C)cc(C(=O)O)c2C)c(C(F)(F)F)c1. The Hall–Kier alpha value is -2.93. The summed E-state index contributed by atoms with van der Waals surface area (Å²) in [6.07, 6.45) is -1.36. The minimum Gasteiger partial charge on any atom is -0.478 e. The Labute approximate surface area is 196 Å². The summed E-state index contributed by atoms with van der Waals surface area (Å²) in [7, 11) is 0. The zero-order valence-electron chi connectivity index (χ0n) is 18.7. The minimum absolute atomic E-state index is 0.0143. The van der Waals surface area contributed by atoms with Gasteiger partial charge in [0.15, 0.2) is 0 Å². The third kappa shape index (κ3) is 5.53. The highest BCUT2D eigenvalue weighted by atomic mass is 32.2. The third-order valence-electron chi connectivity index (χ3n) is 5.31. The quantitative estimate of drug-likeness (QED) is 0.341. The van der Waals surface area contributed by atoms with Gasteiger partial charge in [0.2, 0.25) is 0 Å². The lowest BCUT2D eigenvalue weighted by Gasteiger charge is -2.22. The van der Waals surface area contributed by atoms with Gasteiger partial charge in [0, 0.05) is 17.0 Å². The topological polar surface area (TPSA) is 42.2 Å². The first-order valence-electron chi connectivity index (χ1n) is 10.6. The first-order valence-corrected chi connectivity index (χ1v) is 11.7. The Morgan fingerprint density at radius 2 is 1.82 bits per heavy atom. The zero-order chi connectivity index (χ0) is 24.2. The second-order valence-corrected chi connectivity index (χ2v) is 8.79. The normalized spacial score (nSPS) is 11.9. The van der Waals surface area contributed by atoms with Crippen LogP contribution in [-0.2, 0) is 12.6 Å². The maximum atomic E-state index is 14.4. The van der Waals surface area contributed by atoms with Gasteiger partial charge in [0.05, 0.1) is 16.8 Å². The molecule has 1 N–H and O–H groups in total. The van der Waals surface area contributed by atoms with E-state index < -0.39 is 17.7 Å². The average Bonchev–Trinajstić information content (AvgIpc) is 3.07. The van der Waals surface area contributed by atoms with Crippen LogP contribution in [0.3, 0.4) is 0 Å². The van der Waals surface area contributed by atoms with Crippen molar-refractivity contribution in [2.24, 2.45) is 0 Å². The number of thioether (sulfide) groups is 1. The Morgan fingerprint density at radius 3 is 2.39 bits per heavy atom. The molecule has 0 fully saturated rings. The van der Waals surface area contributed by atoms with Crippen molar-refractivity contribution in [2.75, 3.05) is 5.75 Å². The maximum absolute atomic E-state index is 14.4. The van der Waals surface area contributed by atoms with E-state index >= 15 is 0 Å². The molecular weight excluding hydrogens is 447 g/mol. The van der Waals surface area contributed by atoms with Crippen LogP contribution < -0.4 is 0 Å². The summed E-state index contributed by atoms with van der Waals surface area (Å²) in [5, 5.41) is 11.4. The van der Waals surface area contributed by atoms with Crippen LogP contribution in [0.25, 0.3) is 16.8 Å². The molecule has 7 heteroatoms. The van der Waals surface area contributed by atoms with Crippen molar-refractivity contribution in [3.63, 3.8) is 0 Å². The van der Waals surface area contributed by atoms with Crippen molar-refractivity contribution in [2.45, 2.75) is 39.8 Å². The number of carboxylic acids is 1. The van der Waals surface area contributed by atoms with Gasteiger partial charge in [-0.25, -0.2) is 4.79 Å². The van der Waals surface area contributed by atoms with Crippen molar-refractivity contribution in [1.82, 2.24) is 4.57 Å². The summed E-state index contributed by atoms with van der Waals surface area (Å²) in [6, 6.07) is 13.2. The third-order valence-corrected chi connectivity index (χ3v) is 6.34. The lowest BCUT2D eigenvalue weighted by atomic mass is 9.94. The highest BCUT2D eigenvalue weighted by Crippen LogP contribution is 2.42. The predicted molar refractivity (Wildman–Crippen MR) is 128 cm³/mol. The molecule has 3 aromatic rings. The number of nitrogens with zero attached hydrogens (tertiary/aromatic N) is 1. The van der Waals surface area contributed by atoms with Gasteiger partial charge in [-0.05, 0) is 67.2 Å². The van der Waals surface area contributed by atoms with Gasteiger partial charge in [-0.3, -0.25) is 0 Å². The van der Waals surface area contributed by atoms with Crippen LogP contribution in [0.15, 0.2) is 60.0 Å². The van der Waals surface area contributed by atoms with E-state index in [0.29, 0.717) is 28.8 Å². The van der Waals surface area contributed by atoms with E-state index in [-0.39, 0.29) is 16.9 Å². The number of rotatable bonds is 8. The lowest BCUT2D eigenvalue weighted by molar-refractivity contribution is -0.137. The Bertz CT molecular complexity index is 1160. The summed E-state index contributed by atoms with van der Waals surface area (Å²) in [5.41, 5.74) is 1.42. The van der Waals surface area contributed by atoms with Gasteiger partial charge < -0.3 is 9.67 Å². The summed E-state index contributed by atoms with van der Waals surface area (Å²) >= 11 is 1.63. The Kier molecular flexibility index (Phi) is 7.74. The van der Waals surface area contributed by atoms with Crippen LogP contribution in [-0.4, -0.2) is 21.4 Å². The molecule has 3 rings (SSSR count). The van der Waals surface area contributed by atoms with Crippen molar-refractivity contribution >= 4 is 17.7 Å². The molecule has 0 aliphatic heterocycles. The van der Waals surface area contributed by atoms with Gasteiger partial charge in [-0.15, -0.1) is 11.8 Å². The fraction of sp³-hybridized carbons (Fsp3) is 0.269. The number of carboxylic acid groups (broad SMARTS) is 1. The molecule has 0 atom stereocenters. The molecule has 1 heterocycles. The van der Waals surface area contributed by atoms with Crippen molar-refractivity contribution in [3.8, 4) is 16.8 Å². The smallest absolute Gasteiger partial charge is 0.418 e. The van der Waals surface area contributed by atoms with E-state index in [0.717, 1.165) is 12.2 Å². The molecule has 0 aliphatic carbocycles. The van der Waals surface area contributed by atoms with Crippen molar-refractivity contribution in [1.29, 1.82) is 0 Å². The van der Waals surface area contributed by atoms with Crippen LogP contribution in [0.4, 0.5) is 13.2 Å². The minimum atomic E-state index is -4.62. The van der Waals surface area contributed by atoms with E-state index in [1.54, 1.807) is 55.1 Å². The van der Waals surface area contributed by atoms with Crippen molar-refractivity contribution < 1.29 is 23.1 Å². The number of hydrogen-bond acceptors (Lipinski definition) is 2. The molecule has 0 saturated carbocycles. The van der Waals surface area contributed by atoms with Crippen LogP contribution in [0, 0.1) is 13.8 Å². The molecule has 0 spiro atoms. The number of halogens is 3. The molecule has 0 bridgehead atoms. The second kappa shape index (κ2) is 10.3. The van der Waals surface area contributed by atoms with Crippen molar-refractivity contribution in [3.05, 3.63) is 88.1 Å². The molecule has 33 heavy (non-hydrogen) atoms. The molecule has 2 aromatic carbocycles. The summed E-state index contributed by atoms with van der Waals surface area (Å²) in [4.78, 5) is 11.7.